The van der Waals surface area contributed by atoms with Crippen LogP contribution < -0.4 is 11.1 Å². The van der Waals surface area contributed by atoms with Gasteiger partial charge in [0, 0.05) is 16.5 Å². The second-order valence-corrected chi connectivity index (χ2v) is 6.58. The van der Waals surface area contributed by atoms with E-state index in [1.54, 1.807) is 6.07 Å². The largest absolute Gasteiger partial charge is 0.327 e. The van der Waals surface area contributed by atoms with Gasteiger partial charge in [-0.2, -0.15) is 0 Å². The molecule has 6 heteroatoms. The summed E-state index contributed by atoms with van der Waals surface area (Å²) in [7, 11) is 0. The van der Waals surface area contributed by atoms with Crippen LogP contribution in [0.2, 0.25) is 0 Å². The number of nitrogens with zero attached hydrogens (tertiary/aromatic N) is 1. The minimum Gasteiger partial charge on any atom is -0.327 e. The Morgan fingerprint density at radius 3 is 3.14 bits per heavy atom. The highest BCUT2D eigenvalue weighted by molar-refractivity contribution is 7.15. The molecule has 22 heavy (non-hydrogen) atoms. The first-order chi connectivity index (χ1) is 10.6. The first-order valence-electron chi connectivity index (χ1n) is 7.40. The van der Waals surface area contributed by atoms with Crippen LogP contribution in [0.15, 0.2) is 18.2 Å². The SMILES string of the molecule is CCc1ccc(F)cc1C(=O)Nc1nc2c(s1)C[C@@H](N)CC2. The number of nitrogens with one attached hydrogen (secondary N) is 1. The number of aryl methyl sites for hydroxylation is 2. The van der Waals surface area contributed by atoms with E-state index in [2.05, 4.69) is 10.3 Å². The Morgan fingerprint density at radius 1 is 1.55 bits per heavy atom. The smallest absolute Gasteiger partial charge is 0.257 e. The van der Waals surface area contributed by atoms with Gasteiger partial charge in [-0.25, -0.2) is 9.37 Å². The summed E-state index contributed by atoms with van der Waals surface area (Å²) in [6.07, 6.45) is 3.26. The molecule has 3 rings (SSSR count). The molecule has 1 aromatic heterocycles. The third-order valence-corrected chi connectivity index (χ3v) is 4.93. The van der Waals surface area contributed by atoms with Gasteiger partial charge in [-0.15, -0.1) is 11.3 Å². The first kappa shape index (κ1) is 15.1. The van der Waals surface area contributed by atoms with Crippen molar-refractivity contribution < 1.29 is 9.18 Å². The van der Waals surface area contributed by atoms with Crippen LogP contribution >= 0.6 is 11.3 Å². The van der Waals surface area contributed by atoms with Crippen molar-refractivity contribution >= 4 is 22.4 Å². The van der Waals surface area contributed by atoms with E-state index in [-0.39, 0.29) is 11.9 Å². The fraction of sp³-hybridized carbons (Fsp3) is 0.375. The summed E-state index contributed by atoms with van der Waals surface area (Å²) in [6, 6.07) is 4.47. The molecule has 1 atom stereocenters. The third kappa shape index (κ3) is 3.03. The number of thiazole rings is 1. The van der Waals surface area contributed by atoms with Crippen molar-refractivity contribution in [3.63, 3.8) is 0 Å². The molecule has 1 aliphatic carbocycles. The van der Waals surface area contributed by atoms with E-state index in [9.17, 15) is 9.18 Å². The fourth-order valence-corrected chi connectivity index (χ4v) is 3.78. The van der Waals surface area contributed by atoms with Gasteiger partial charge in [0.25, 0.3) is 5.91 Å². The van der Waals surface area contributed by atoms with Gasteiger partial charge in [0.15, 0.2) is 5.13 Å². The molecule has 0 spiro atoms. The predicted molar refractivity (Wildman–Crippen MR) is 85.8 cm³/mol. The number of nitrogens with two attached hydrogens (primary N) is 1. The molecule has 4 nitrogen and oxygen atoms in total. The lowest BCUT2D eigenvalue weighted by Gasteiger charge is -2.15. The molecule has 1 aliphatic rings. The topological polar surface area (TPSA) is 68.0 Å². The zero-order valence-electron chi connectivity index (χ0n) is 12.4. The second kappa shape index (κ2) is 6.14. The molecule has 0 saturated heterocycles. The number of hydrogen-bond donors (Lipinski definition) is 2. The summed E-state index contributed by atoms with van der Waals surface area (Å²) in [4.78, 5) is 18.0. The summed E-state index contributed by atoms with van der Waals surface area (Å²) < 4.78 is 13.4. The van der Waals surface area contributed by atoms with Gasteiger partial charge >= 0.3 is 0 Å². The molecule has 3 N–H and O–H groups in total. The van der Waals surface area contributed by atoms with Gasteiger partial charge in [-0.1, -0.05) is 13.0 Å². The molecular formula is C16H18FN3OS. The van der Waals surface area contributed by atoms with E-state index in [4.69, 9.17) is 5.73 Å². The second-order valence-electron chi connectivity index (χ2n) is 5.50. The van der Waals surface area contributed by atoms with Crippen LogP contribution in [0.3, 0.4) is 0 Å². The lowest BCUT2D eigenvalue weighted by Crippen LogP contribution is -2.27. The minimum atomic E-state index is -0.410. The Hall–Kier alpha value is -1.79. The average molecular weight is 319 g/mol. The number of benzene rings is 1. The normalized spacial score (nSPS) is 17.1. The van der Waals surface area contributed by atoms with E-state index >= 15 is 0 Å². The molecule has 1 amide bonds. The highest BCUT2D eigenvalue weighted by Crippen LogP contribution is 2.29. The molecule has 0 saturated carbocycles. The maximum absolute atomic E-state index is 13.4. The molecule has 0 bridgehead atoms. The van der Waals surface area contributed by atoms with Gasteiger partial charge < -0.3 is 5.73 Å². The van der Waals surface area contributed by atoms with Crippen LogP contribution in [0, 0.1) is 5.82 Å². The van der Waals surface area contributed by atoms with E-state index < -0.39 is 5.82 Å². The number of carbonyl (C=O) groups is 1. The number of aromatic nitrogens is 1. The summed E-state index contributed by atoms with van der Waals surface area (Å²) in [6.45, 7) is 1.94. The quantitative estimate of drug-likeness (QED) is 0.914. The van der Waals surface area contributed by atoms with Crippen molar-refractivity contribution in [2.75, 3.05) is 5.32 Å². The molecule has 0 radical (unpaired) electrons. The summed E-state index contributed by atoms with van der Waals surface area (Å²) in [5, 5.41) is 3.36. The van der Waals surface area contributed by atoms with Gasteiger partial charge in [0.2, 0.25) is 0 Å². The van der Waals surface area contributed by atoms with Gasteiger partial charge in [0.1, 0.15) is 5.82 Å². The number of carbonyl (C=O) groups excluding carboxylic acids is 1. The number of fused-ring (bicyclic) bond motifs is 1. The van der Waals surface area contributed by atoms with E-state index in [1.807, 2.05) is 6.92 Å². The predicted octanol–water partition coefficient (Wildman–Crippen LogP) is 2.91. The molecule has 0 aliphatic heterocycles. The molecule has 116 valence electrons. The van der Waals surface area contributed by atoms with Crippen molar-refractivity contribution in [2.45, 2.75) is 38.6 Å². The number of rotatable bonds is 3. The average Bonchev–Trinajstić information content (AvgIpc) is 2.88. The highest BCUT2D eigenvalue weighted by Gasteiger charge is 2.21. The van der Waals surface area contributed by atoms with Crippen LogP contribution in [0.25, 0.3) is 0 Å². The van der Waals surface area contributed by atoms with Crippen molar-refractivity contribution in [2.24, 2.45) is 5.73 Å². The van der Waals surface area contributed by atoms with Crippen molar-refractivity contribution in [3.05, 3.63) is 45.7 Å². The van der Waals surface area contributed by atoms with Gasteiger partial charge in [-0.3, -0.25) is 10.1 Å². The van der Waals surface area contributed by atoms with E-state index in [1.165, 1.54) is 23.5 Å². The number of hydrogen-bond acceptors (Lipinski definition) is 4. The number of amides is 1. The molecule has 0 fully saturated rings. The molecule has 2 aromatic rings. The Morgan fingerprint density at radius 2 is 2.36 bits per heavy atom. The number of halogens is 1. The summed E-state index contributed by atoms with van der Waals surface area (Å²) >= 11 is 1.46. The molecular weight excluding hydrogens is 301 g/mol. The fourth-order valence-electron chi connectivity index (χ4n) is 2.69. The van der Waals surface area contributed by atoms with Crippen molar-refractivity contribution in [3.8, 4) is 0 Å². The summed E-state index contributed by atoms with van der Waals surface area (Å²) in [5.74, 6) is -0.724. The molecule has 1 aromatic carbocycles. The Bertz CT molecular complexity index is 713. The lowest BCUT2D eigenvalue weighted by molar-refractivity contribution is 0.102. The van der Waals surface area contributed by atoms with Crippen molar-refractivity contribution in [1.29, 1.82) is 0 Å². The van der Waals surface area contributed by atoms with Crippen LogP contribution in [0.4, 0.5) is 9.52 Å². The maximum atomic E-state index is 13.4. The van der Waals surface area contributed by atoms with Gasteiger partial charge in [0.05, 0.1) is 5.69 Å². The maximum Gasteiger partial charge on any atom is 0.257 e. The van der Waals surface area contributed by atoms with Crippen LogP contribution in [-0.4, -0.2) is 16.9 Å². The summed E-state index contributed by atoms with van der Waals surface area (Å²) in [5.41, 5.74) is 8.17. The van der Waals surface area contributed by atoms with Gasteiger partial charge in [-0.05, 0) is 43.4 Å². The minimum absolute atomic E-state index is 0.173. The zero-order valence-corrected chi connectivity index (χ0v) is 13.2. The molecule has 1 heterocycles. The van der Waals surface area contributed by atoms with E-state index in [0.717, 1.165) is 35.4 Å². The number of anilines is 1. The standard InChI is InChI=1S/C16H18FN3OS/c1-2-9-3-4-10(17)7-12(9)15(21)20-16-19-13-6-5-11(18)8-14(13)22-16/h3-4,7,11H,2,5-6,8,18H2,1H3,(H,19,20,21)/t11-/m0/s1. The van der Waals surface area contributed by atoms with Crippen LogP contribution in [-0.2, 0) is 19.3 Å². The van der Waals surface area contributed by atoms with Crippen molar-refractivity contribution in [1.82, 2.24) is 4.98 Å². The van der Waals surface area contributed by atoms with Crippen LogP contribution in [0.1, 0.15) is 39.8 Å². The Labute approximate surface area is 132 Å². The third-order valence-electron chi connectivity index (χ3n) is 3.90. The zero-order chi connectivity index (χ0) is 15.7. The van der Waals surface area contributed by atoms with Crippen LogP contribution in [0.5, 0.6) is 0 Å². The Kier molecular flexibility index (Phi) is 4.22. The van der Waals surface area contributed by atoms with E-state index in [0.29, 0.717) is 17.1 Å². The molecule has 0 unspecified atom stereocenters. The highest BCUT2D eigenvalue weighted by atomic mass is 32.1. The lowest BCUT2D eigenvalue weighted by atomic mass is 9.99. The Balaban J connectivity index is 1.82. The monoisotopic (exact) mass is 319 g/mol. The first-order valence-corrected chi connectivity index (χ1v) is 8.22.